The molecule has 0 aliphatic carbocycles. The van der Waals surface area contributed by atoms with Crippen molar-refractivity contribution >= 4 is 34.1 Å². The number of hydrogen-bond donors (Lipinski definition) is 0. The summed E-state index contributed by atoms with van der Waals surface area (Å²) in [6.07, 6.45) is 1.57. The number of benzene rings is 3. The maximum absolute atomic E-state index is 14.4. The third-order valence-electron chi connectivity index (χ3n) is 8.94. The van der Waals surface area contributed by atoms with E-state index in [4.69, 9.17) is 4.98 Å². The van der Waals surface area contributed by atoms with Gasteiger partial charge < -0.3 is 0 Å². The molecule has 4 aliphatic rings. The quantitative estimate of drug-likeness (QED) is 0.227. The highest BCUT2D eigenvalue weighted by Gasteiger charge is 2.73. The molecule has 4 aliphatic heterocycles. The van der Waals surface area contributed by atoms with Crippen molar-refractivity contribution in [1.29, 1.82) is 0 Å². The van der Waals surface area contributed by atoms with Crippen LogP contribution in [0.4, 0.5) is 11.4 Å². The predicted molar refractivity (Wildman–Crippen MR) is 140 cm³/mol. The number of rotatable bonds is 2. The average molecular weight is 520 g/mol. The second kappa shape index (κ2) is 7.45. The Balaban J connectivity index is 1.42. The van der Waals surface area contributed by atoms with E-state index >= 15 is 0 Å². The van der Waals surface area contributed by atoms with Gasteiger partial charge in [-0.15, -0.1) is 0 Å². The minimum Gasteiger partial charge on any atom is -0.283 e. The summed E-state index contributed by atoms with van der Waals surface area (Å²) in [6.45, 7) is 0.659. The van der Waals surface area contributed by atoms with E-state index in [0.29, 0.717) is 29.0 Å². The van der Waals surface area contributed by atoms with Crippen molar-refractivity contribution < 1.29 is 14.5 Å². The van der Waals surface area contributed by atoms with Crippen LogP contribution in [-0.2, 0) is 15.1 Å². The zero-order valence-corrected chi connectivity index (χ0v) is 20.6. The van der Waals surface area contributed by atoms with Gasteiger partial charge in [0.1, 0.15) is 11.4 Å². The lowest BCUT2D eigenvalue weighted by molar-refractivity contribution is -0.384. The van der Waals surface area contributed by atoms with Crippen LogP contribution < -0.4 is 10.5 Å². The van der Waals surface area contributed by atoms with Gasteiger partial charge in [-0.25, -0.2) is 9.88 Å². The number of carbonyl (C=O) groups is 2. The first-order chi connectivity index (χ1) is 18.9. The van der Waals surface area contributed by atoms with Gasteiger partial charge in [-0.3, -0.25) is 34.0 Å². The lowest BCUT2D eigenvalue weighted by atomic mass is 9.75. The highest BCUT2D eigenvalue weighted by atomic mass is 16.6. The van der Waals surface area contributed by atoms with Crippen molar-refractivity contribution in [3.8, 4) is 5.69 Å². The molecule has 1 spiro atoms. The number of hydrogen-bond acceptors (Lipinski definition) is 7. The van der Waals surface area contributed by atoms with Crippen LogP contribution in [0.25, 0.3) is 16.6 Å². The molecule has 2 amide bonds. The molecule has 0 bridgehead atoms. The summed E-state index contributed by atoms with van der Waals surface area (Å²) >= 11 is 0. The molecule has 4 atom stereocenters. The zero-order chi connectivity index (χ0) is 26.6. The molecule has 10 nitrogen and oxygen atoms in total. The van der Waals surface area contributed by atoms with E-state index in [1.165, 1.54) is 18.2 Å². The molecule has 4 aromatic rings. The Bertz CT molecular complexity index is 1850. The first kappa shape index (κ1) is 22.3. The number of fused-ring (bicyclic) bond motifs is 11. The van der Waals surface area contributed by atoms with Crippen LogP contribution in [0.15, 0.2) is 77.6 Å². The summed E-state index contributed by atoms with van der Waals surface area (Å²) in [5.74, 6) is -1.84. The number of nitrogens with zero attached hydrogens (tertiary/aromatic N) is 5. The SMILES string of the molecule is O=C1[C@H]2[C@H]3CCCN3[C@]3(c4ccccc4-n4c3nc3ccccc3c4=O)[C@H]2C(=O)N1c1cccc([N+](=O)[O-])c1. The van der Waals surface area contributed by atoms with Gasteiger partial charge in [0, 0.05) is 23.7 Å². The molecule has 39 heavy (non-hydrogen) atoms. The number of aromatic nitrogens is 2. The standard InChI is InChI=1S/C29H21N5O5/c35-25-18-9-1-3-11-20(18)30-28-29(19-10-2-4-12-21(19)33(25)28)24-23(22-13-6-14-31(22)29)26(36)32(27(24)37)16-7-5-8-17(15-16)34(38)39/h1-5,7-12,15,22-24H,6,13-14H2/t22-,23+,24-,29-/m1/s1. The molecular formula is C29H21N5O5. The van der Waals surface area contributed by atoms with Crippen LogP contribution in [0.5, 0.6) is 0 Å². The van der Waals surface area contributed by atoms with Crippen molar-refractivity contribution in [3.05, 3.63) is 105 Å². The summed E-state index contributed by atoms with van der Waals surface area (Å²) in [4.78, 5) is 61.7. The van der Waals surface area contributed by atoms with Crippen molar-refractivity contribution in [1.82, 2.24) is 14.5 Å². The fraction of sp³-hybridized carbons (Fsp3) is 0.241. The minimum absolute atomic E-state index is 0.184. The van der Waals surface area contributed by atoms with Gasteiger partial charge in [-0.05, 0) is 43.7 Å². The third-order valence-corrected chi connectivity index (χ3v) is 8.94. The molecule has 3 fully saturated rings. The van der Waals surface area contributed by atoms with Crippen LogP contribution >= 0.6 is 0 Å². The molecule has 1 aromatic heterocycles. The number of anilines is 1. The third kappa shape index (κ3) is 2.54. The summed E-state index contributed by atoms with van der Waals surface area (Å²) in [6, 6.07) is 20.1. The summed E-state index contributed by atoms with van der Waals surface area (Å²) < 4.78 is 1.61. The molecule has 5 heterocycles. The van der Waals surface area contributed by atoms with Crippen LogP contribution in [0.1, 0.15) is 24.2 Å². The summed E-state index contributed by atoms with van der Waals surface area (Å²) in [5, 5.41) is 11.9. The molecule has 0 unspecified atom stereocenters. The van der Waals surface area contributed by atoms with E-state index in [2.05, 4.69) is 4.90 Å². The van der Waals surface area contributed by atoms with Gasteiger partial charge >= 0.3 is 0 Å². The smallest absolute Gasteiger partial charge is 0.271 e. The molecule has 10 heteroatoms. The van der Waals surface area contributed by atoms with Gasteiger partial charge in [0.2, 0.25) is 11.8 Å². The number of amides is 2. The molecule has 3 aromatic carbocycles. The van der Waals surface area contributed by atoms with Gasteiger partial charge in [0.05, 0.1) is 39.0 Å². The minimum atomic E-state index is -1.12. The van der Waals surface area contributed by atoms with E-state index < -0.39 is 28.2 Å². The van der Waals surface area contributed by atoms with Crippen LogP contribution in [0, 0.1) is 22.0 Å². The fourth-order valence-corrected chi connectivity index (χ4v) is 7.61. The second-order valence-corrected chi connectivity index (χ2v) is 10.6. The molecule has 0 radical (unpaired) electrons. The Morgan fingerprint density at radius 1 is 0.949 bits per heavy atom. The number of nitro groups is 1. The van der Waals surface area contributed by atoms with E-state index in [9.17, 15) is 24.5 Å². The van der Waals surface area contributed by atoms with Crippen LogP contribution in [-0.4, -0.2) is 43.8 Å². The van der Waals surface area contributed by atoms with Crippen molar-refractivity contribution in [2.24, 2.45) is 11.8 Å². The van der Waals surface area contributed by atoms with Gasteiger partial charge in [-0.1, -0.05) is 36.4 Å². The maximum atomic E-state index is 14.4. The maximum Gasteiger partial charge on any atom is 0.271 e. The van der Waals surface area contributed by atoms with E-state index in [-0.39, 0.29) is 28.9 Å². The largest absolute Gasteiger partial charge is 0.283 e. The van der Waals surface area contributed by atoms with Crippen LogP contribution in [0.3, 0.4) is 0 Å². The van der Waals surface area contributed by atoms with E-state index in [1.54, 1.807) is 28.8 Å². The first-order valence-corrected chi connectivity index (χ1v) is 13.0. The molecular weight excluding hydrogens is 498 g/mol. The fourth-order valence-electron chi connectivity index (χ4n) is 7.61. The van der Waals surface area contributed by atoms with Gasteiger partial charge in [-0.2, -0.15) is 0 Å². The topological polar surface area (TPSA) is 119 Å². The van der Waals surface area contributed by atoms with E-state index in [1.807, 2.05) is 30.3 Å². The number of para-hydroxylation sites is 2. The zero-order valence-electron chi connectivity index (χ0n) is 20.6. The van der Waals surface area contributed by atoms with Gasteiger partial charge in [0.15, 0.2) is 0 Å². The number of carbonyl (C=O) groups excluding carboxylic acids is 2. The lowest BCUT2D eigenvalue weighted by Gasteiger charge is -2.38. The predicted octanol–water partition coefficient (Wildman–Crippen LogP) is 3.13. The average Bonchev–Trinajstić information content (AvgIpc) is 3.66. The second-order valence-electron chi connectivity index (χ2n) is 10.6. The Kier molecular flexibility index (Phi) is 4.26. The summed E-state index contributed by atoms with van der Waals surface area (Å²) in [7, 11) is 0. The van der Waals surface area contributed by atoms with Crippen LogP contribution in [0.2, 0.25) is 0 Å². The Morgan fingerprint density at radius 3 is 2.59 bits per heavy atom. The Labute approximate surface area is 221 Å². The number of nitro benzene ring substituents is 1. The molecule has 8 rings (SSSR count). The Hall–Kier alpha value is -4.70. The van der Waals surface area contributed by atoms with Gasteiger partial charge in [0.25, 0.3) is 11.2 Å². The number of imide groups is 1. The molecule has 3 saturated heterocycles. The van der Waals surface area contributed by atoms with E-state index in [0.717, 1.165) is 23.3 Å². The lowest BCUT2D eigenvalue weighted by Crippen LogP contribution is -2.51. The van der Waals surface area contributed by atoms with Crippen molar-refractivity contribution in [3.63, 3.8) is 0 Å². The highest BCUT2D eigenvalue weighted by Crippen LogP contribution is 2.62. The number of non-ortho nitro benzene ring substituents is 1. The Morgan fingerprint density at radius 2 is 1.74 bits per heavy atom. The summed E-state index contributed by atoms with van der Waals surface area (Å²) in [5.41, 5.74) is 0.636. The first-order valence-electron chi connectivity index (χ1n) is 13.0. The van der Waals surface area contributed by atoms with Crippen molar-refractivity contribution in [2.75, 3.05) is 11.4 Å². The highest BCUT2D eigenvalue weighted by molar-refractivity contribution is 6.23. The molecule has 0 N–H and O–H groups in total. The normalized spacial score (nSPS) is 26.8. The van der Waals surface area contributed by atoms with Crippen molar-refractivity contribution in [2.45, 2.75) is 24.4 Å². The molecule has 192 valence electrons. The molecule has 0 saturated carbocycles. The monoisotopic (exact) mass is 519 g/mol.